The molecule has 8 aromatic rings. The minimum absolute atomic E-state index is 0.673. The SMILES string of the molecule is C[Si](C)(c1ccc(-n2c3ccccc3c3ccccc32)c(C#N)c1)c1ccc(-n2c3ccccc3c3ccccc32)cn1. The number of nitriles is 1. The van der Waals surface area contributed by atoms with Gasteiger partial charge in [0, 0.05) is 26.9 Å². The highest BCUT2D eigenvalue weighted by atomic mass is 28.3. The number of fused-ring (bicyclic) bond motifs is 6. The van der Waals surface area contributed by atoms with Crippen molar-refractivity contribution in [1.82, 2.24) is 14.1 Å². The smallest absolute Gasteiger partial charge is 0.135 e. The summed E-state index contributed by atoms with van der Waals surface area (Å²) >= 11 is 0. The van der Waals surface area contributed by atoms with E-state index in [1.807, 2.05) is 6.20 Å². The van der Waals surface area contributed by atoms with Crippen molar-refractivity contribution in [3.63, 3.8) is 0 Å². The van der Waals surface area contributed by atoms with Gasteiger partial charge in [0.05, 0.1) is 45.2 Å². The fourth-order valence-corrected chi connectivity index (χ4v) is 8.82. The normalized spacial score (nSPS) is 11.9. The van der Waals surface area contributed by atoms with E-state index >= 15 is 0 Å². The predicted molar refractivity (Wildman–Crippen MR) is 181 cm³/mol. The summed E-state index contributed by atoms with van der Waals surface area (Å²) in [6, 6.07) is 47.2. The first-order valence-electron chi connectivity index (χ1n) is 14.5. The zero-order valence-corrected chi connectivity index (χ0v) is 25.0. The van der Waals surface area contributed by atoms with Gasteiger partial charge in [0.1, 0.15) is 14.1 Å². The number of pyridine rings is 1. The molecule has 0 radical (unpaired) electrons. The third kappa shape index (κ3) is 3.77. The highest BCUT2D eigenvalue weighted by Crippen LogP contribution is 2.33. The molecular weight excluding hydrogens is 541 g/mol. The third-order valence-corrected chi connectivity index (χ3v) is 12.2. The minimum Gasteiger partial charge on any atom is -0.308 e. The molecule has 0 N–H and O–H groups in total. The first-order valence-corrected chi connectivity index (χ1v) is 17.5. The van der Waals surface area contributed by atoms with Gasteiger partial charge in [-0.2, -0.15) is 5.26 Å². The minimum atomic E-state index is -2.21. The molecule has 0 atom stereocenters. The largest absolute Gasteiger partial charge is 0.308 e. The van der Waals surface area contributed by atoms with Gasteiger partial charge >= 0.3 is 0 Å². The highest BCUT2D eigenvalue weighted by molar-refractivity contribution is 6.99. The molecule has 0 aliphatic carbocycles. The van der Waals surface area contributed by atoms with Crippen LogP contribution in [0.15, 0.2) is 134 Å². The molecule has 43 heavy (non-hydrogen) atoms. The van der Waals surface area contributed by atoms with Crippen LogP contribution in [0.5, 0.6) is 0 Å². The van der Waals surface area contributed by atoms with E-state index in [0.717, 1.165) is 27.7 Å². The Morgan fingerprint density at radius 3 is 1.53 bits per heavy atom. The van der Waals surface area contributed by atoms with Crippen LogP contribution >= 0.6 is 0 Å². The fraction of sp³-hybridized carbons (Fsp3) is 0.0526. The van der Waals surface area contributed by atoms with Gasteiger partial charge in [-0.05, 0) is 48.5 Å². The maximum absolute atomic E-state index is 10.4. The molecule has 8 rings (SSSR count). The molecule has 0 spiro atoms. The van der Waals surface area contributed by atoms with Crippen molar-refractivity contribution in [3.05, 3.63) is 139 Å². The average Bonchev–Trinajstić information content (AvgIpc) is 3.58. The zero-order chi connectivity index (χ0) is 29.1. The number of aromatic nitrogens is 3. The second-order valence-corrected chi connectivity index (χ2v) is 15.9. The van der Waals surface area contributed by atoms with Crippen molar-refractivity contribution in [2.75, 3.05) is 0 Å². The first-order chi connectivity index (χ1) is 21.1. The van der Waals surface area contributed by atoms with E-state index < -0.39 is 8.07 Å². The molecule has 5 heteroatoms. The lowest BCUT2D eigenvalue weighted by Crippen LogP contribution is -2.54. The number of rotatable bonds is 4. The van der Waals surface area contributed by atoms with Crippen molar-refractivity contribution in [1.29, 1.82) is 5.26 Å². The predicted octanol–water partition coefficient (Wildman–Crippen LogP) is 7.97. The summed E-state index contributed by atoms with van der Waals surface area (Å²) in [7, 11) is -2.21. The number of nitrogens with zero attached hydrogens (tertiary/aromatic N) is 4. The molecule has 204 valence electrons. The van der Waals surface area contributed by atoms with Gasteiger partial charge in [-0.1, -0.05) is 97.1 Å². The summed E-state index contributed by atoms with van der Waals surface area (Å²) in [6.45, 7) is 4.62. The Morgan fingerprint density at radius 1 is 0.581 bits per heavy atom. The standard InChI is InChI=1S/C38H28N4Si/c1-43(2,38-22-19-27(25-40-38)41-34-15-7-3-11-29(34)30-12-4-8-16-35(30)41)28-20-21-33(26(23-28)24-39)42-36-17-9-5-13-31(36)32-14-6-10-18-37(32)42/h3-23,25H,1-2H3. The molecule has 0 aliphatic heterocycles. The molecule has 0 unspecified atom stereocenters. The van der Waals surface area contributed by atoms with Crippen molar-refractivity contribution in [3.8, 4) is 17.4 Å². The number of benzene rings is 5. The molecule has 5 aromatic carbocycles. The van der Waals surface area contributed by atoms with E-state index in [2.05, 4.69) is 156 Å². The Hall–Kier alpha value is -5.44. The van der Waals surface area contributed by atoms with Crippen LogP contribution in [-0.2, 0) is 0 Å². The van der Waals surface area contributed by atoms with Crippen LogP contribution in [0.25, 0.3) is 55.0 Å². The van der Waals surface area contributed by atoms with Crippen LogP contribution in [-0.4, -0.2) is 22.2 Å². The molecule has 0 saturated carbocycles. The van der Waals surface area contributed by atoms with Gasteiger partial charge in [-0.25, -0.2) is 0 Å². The summed E-state index contributed by atoms with van der Waals surface area (Å²) in [5, 5.41) is 17.5. The Labute approximate surface area is 250 Å². The van der Waals surface area contributed by atoms with Crippen molar-refractivity contribution < 1.29 is 0 Å². The molecule has 0 bridgehead atoms. The van der Waals surface area contributed by atoms with Crippen LogP contribution < -0.4 is 10.5 Å². The van der Waals surface area contributed by atoms with Gasteiger partial charge in [-0.3, -0.25) is 4.98 Å². The lowest BCUT2D eigenvalue weighted by atomic mass is 10.2. The summed E-state index contributed by atoms with van der Waals surface area (Å²) in [6.07, 6.45) is 2.00. The summed E-state index contributed by atoms with van der Waals surface area (Å²) in [5.74, 6) is 0. The Balaban J connectivity index is 1.22. The van der Waals surface area contributed by atoms with Gasteiger partial charge < -0.3 is 9.13 Å². The maximum Gasteiger partial charge on any atom is 0.135 e. The van der Waals surface area contributed by atoms with E-state index in [1.54, 1.807) is 0 Å². The lowest BCUT2D eigenvalue weighted by Gasteiger charge is -2.24. The van der Waals surface area contributed by atoms with Gasteiger partial charge in [0.25, 0.3) is 0 Å². The molecule has 0 aliphatic rings. The highest BCUT2D eigenvalue weighted by Gasteiger charge is 2.29. The number of para-hydroxylation sites is 4. The fourth-order valence-electron chi connectivity index (χ4n) is 6.63. The monoisotopic (exact) mass is 568 g/mol. The van der Waals surface area contributed by atoms with E-state index in [-0.39, 0.29) is 0 Å². The zero-order valence-electron chi connectivity index (χ0n) is 24.0. The molecule has 0 amide bonds. The topological polar surface area (TPSA) is 46.5 Å². The molecular formula is C38H28N4Si. The molecule has 0 fully saturated rings. The molecule has 3 aromatic heterocycles. The van der Waals surface area contributed by atoms with Crippen molar-refractivity contribution in [2.24, 2.45) is 0 Å². The second-order valence-electron chi connectivity index (χ2n) is 11.6. The van der Waals surface area contributed by atoms with Crippen LogP contribution in [0, 0.1) is 11.3 Å². The van der Waals surface area contributed by atoms with E-state index in [0.29, 0.717) is 5.56 Å². The molecule has 0 saturated heterocycles. The lowest BCUT2D eigenvalue weighted by molar-refractivity contribution is 1.15. The molecule has 3 heterocycles. The van der Waals surface area contributed by atoms with E-state index in [4.69, 9.17) is 4.98 Å². The average molecular weight is 569 g/mol. The third-order valence-electron chi connectivity index (χ3n) is 8.89. The number of hydrogen-bond acceptors (Lipinski definition) is 2. The summed E-state index contributed by atoms with van der Waals surface area (Å²) < 4.78 is 4.52. The molecule has 4 nitrogen and oxygen atoms in total. The summed E-state index contributed by atoms with van der Waals surface area (Å²) in [4.78, 5) is 5.06. The van der Waals surface area contributed by atoms with Crippen LogP contribution in [0.3, 0.4) is 0 Å². The Kier molecular flexibility index (Phi) is 5.62. The van der Waals surface area contributed by atoms with Crippen LogP contribution in [0.1, 0.15) is 5.56 Å². The Morgan fingerprint density at radius 2 is 1.07 bits per heavy atom. The van der Waals surface area contributed by atoms with E-state index in [9.17, 15) is 5.26 Å². The maximum atomic E-state index is 10.4. The Bertz CT molecular complexity index is 2280. The quantitative estimate of drug-likeness (QED) is 0.202. The van der Waals surface area contributed by atoms with Gasteiger partial charge in [-0.15, -0.1) is 0 Å². The first kappa shape index (κ1) is 25.3. The second kappa shape index (κ2) is 9.55. The van der Waals surface area contributed by atoms with Gasteiger partial charge in [0.2, 0.25) is 0 Å². The van der Waals surface area contributed by atoms with Crippen molar-refractivity contribution >= 4 is 62.2 Å². The van der Waals surface area contributed by atoms with Crippen LogP contribution in [0.4, 0.5) is 0 Å². The van der Waals surface area contributed by atoms with Crippen molar-refractivity contribution in [2.45, 2.75) is 13.1 Å². The van der Waals surface area contributed by atoms with Crippen LogP contribution in [0.2, 0.25) is 13.1 Å². The number of hydrogen-bond donors (Lipinski definition) is 0. The van der Waals surface area contributed by atoms with E-state index in [1.165, 1.54) is 37.8 Å². The van der Waals surface area contributed by atoms with Gasteiger partial charge in [0.15, 0.2) is 0 Å². The summed E-state index contributed by atoms with van der Waals surface area (Å²) in [5.41, 5.74) is 7.18.